The van der Waals surface area contributed by atoms with E-state index in [4.69, 9.17) is 28.9 Å². The van der Waals surface area contributed by atoms with Crippen LogP contribution in [0.5, 0.6) is 0 Å². The highest BCUT2D eigenvalue weighted by Gasteiger charge is 2.45. The van der Waals surface area contributed by atoms with E-state index in [9.17, 15) is 14.9 Å². The van der Waals surface area contributed by atoms with Crippen LogP contribution in [0.25, 0.3) is 0 Å². The molecule has 0 bridgehead atoms. The predicted octanol–water partition coefficient (Wildman–Crippen LogP) is 6.83. The average molecular weight is 626 g/mol. The number of carbonyl (C=O) groups excluding carboxylic acids is 2. The summed E-state index contributed by atoms with van der Waals surface area (Å²) >= 11 is 14.8. The minimum atomic E-state index is -0.557. The molecule has 2 aromatic carbocycles. The van der Waals surface area contributed by atoms with E-state index in [0.29, 0.717) is 49.2 Å². The van der Waals surface area contributed by atoms with Crippen molar-refractivity contribution in [3.8, 4) is 6.07 Å². The molecule has 0 saturated carbocycles. The number of rotatable bonds is 6. The van der Waals surface area contributed by atoms with Gasteiger partial charge in [0.15, 0.2) is 10.1 Å². The summed E-state index contributed by atoms with van der Waals surface area (Å²) in [5, 5.41) is 22.7. The second kappa shape index (κ2) is 11.5. The monoisotopic (exact) mass is 624 g/mol. The van der Waals surface area contributed by atoms with Crippen molar-refractivity contribution in [3.05, 3.63) is 86.3 Å². The highest BCUT2D eigenvalue weighted by Crippen LogP contribution is 2.51. The number of anilines is 2. The predicted molar refractivity (Wildman–Crippen MR) is 164 cm³/mol. The number of aryl methyl sites for hydroxylation is 1. The molecule has 1 unspecified atom stereocenters. The summed E-state index contributed by atoms with van der Waals surface area (Å²) in [6.07, 6.45) is 0.932. The van der Waals surface area contributed by atoms with Crippen molar-refractivity contribution >= 4 is 68.8 Å². The number of hydrogen-bond donors (Lipinski definition) is 2. The van der Waals surface area contributed by atoms with E-state index < -0.39 is 5.92 Å². The standard InChI is InChI=1S/C29H26Cl2N6O2S2/c1-15-7-4-5-8-16(15)23-17(13-32)26(33)37(20-11-29(2,3)12-21(38)24(20)23)27-35-36-28(41-27)40-14-22(39)34-25-18(30)9-6-10-19(25)31/h4-10,23H,11-12,14,33H2,1-3H3,(H,34,39). The highest BCUT2D eigenvalue weighted by atomic mass is 35.5. The first-order chi connectivity index (χ1) is 19.5. The van der Waals surface area contributed by atoms with Gasteiger partial charge in [0.25, 0.3) is 0 Å². The molecule has 1 aliphatic carbocycles. The normalized spacial score (nSPS) is 18.3. The fraction of sp³-hybridized carbons (Fsp3) is 0.276. The summed E-state index contributed by atoms with van der Waals surface area (Å²) in [4.78, 5) is 28.0. The molecule has 0 saturated heterocycles. The summed E-state index contributed by atoms with van der Waals surface area (Å²) in [6, 6.07) is 15.0. The van der Waals surface area contributed by atoms with Gasteiger partial charge in [-0.05, 0) is 42.0 Å². The second-order valence-corrected chi connectivity index (χ2v) is 13.6. The summed E-state index contributed by atoms with van der Waals surface area (Å²) in [6.45, 7) is 6.05. The van der Waals surface area contributed by atoms with Gasteiger partial charge < -0.3 is 11.1 Å². The van der Waals surface area contributed by atoms with Crippen molar-refractivity contribution in [2.45, 2.75) is 43.9 Å². The second-order valence-electron chi connectivity index (χ2n) is 10.6. The van der Waals surface area contributed by atoms with Crippen LogP contribution in [0.3, 0.4) is 0 Å². The summed E-state index contributed by atoms with van der Waals surface area (Å²) in [5.74, 6) is -0.609. The van der Waals surface area contributed by atoms with E-state index >= 15 is 0 Å². The number of thioether (sulfide) groups is 1. The number of amides is 1. The van der Waals surface area contributed by atoms with Crippen LogP contribution in [0.4, 0.5) is 10.8 Å². The van der Waals surface area contributed by atoms with Crippen molar-refractivity contribution < 1.29 is 9.59 Å². The van der Waals surface area contributed by atoms with Crippen molar-refractivity contribution in [1.82, 2.24) is 10.2 Å². The Hall–Kier alpha value is -3.36. The van der Waals surface area contributed by atoms with Crippen LogP contribution in [0.1, 0.15) is 43.7 Å². The number of ketones is 1. The molecule has 2 aliphatic rings. The van der Waals surface area contributed by atoms with Gasteiger partial charge in [0.2, 0.25) is 11.0 Å². The number of nitrogens with zero attached hydrogens (tertiary/aromatic N) is 4. The lowest BCUT2D eigenvalue weighted by Crippen LogP contribution is -2.42. The van der Waals surface area contributed by atoms with E-state index in [2.05, 4.69) is 21.6 Å². The van der Waals surface area contributed by atoms with Crippen LogP contribution in [-0.4, -0.2) is 27.6 Å². The Labute approximate surface area is 256 Å². The van der Waals surface area contributed by atoms with Crippen LogP contribution in [0.15, 0.2) is 69.5 Å². The minimum absolute atomic E-state index is 0.0104. The molecule has 210 valence electrons. The first-order valence-electron chi connectivity index (χ1n) is 12.7. The Bertz CT molecular complexity index is 1650. The molecule has 3 N–H and O–H groups in total. The highest BCUT2D eigenvalue weighted by molar-refractivity contribution is 8.01. The molecule has 41 heavy (non-hydrogen) atoms. The van der Waals surface area contributed by atoms with Crippen LogP contribution in [0.2, 0.25) is 10.0 Å². The number of aromatic nitrogens is 2. The van der Waals surface area contributed by atoms with Crippen LogP contribution in [0, 0.1) is 23.7 Å². The third-order valence-corrected chi connectivity index (χ3v) is 9.69. The summed E-state index contributed by atoms with van der Waals surface area (Å²) < 4.78 is 0.524. The molecule has 0 fully saturated rings. The van der Waals surface area contributed by atoms with Crippen LogP contribution >= 0.6 is 46.3 Å². The van der Waals surface area contributed by atoms with Gasteiger partial charge in [-0.15, -0.1) is 10.2 Å². The number of nitrogens with one attached hydrogen (secondary N) is 1. The van der Waals surface area contributed by atoms with Gasteiger partial charge in [0.05, 0.1) is 39.0 Å². The fourth-order valence-electron chi connectivity index (χ4n) is 5.22. The summed E-state index contributed by atoms with van der Waals surface area (Å²) in [5.41, 5.74) is 10.2. The van der Waals surface area contributed by atoms with Gasteiger partial charge >= 0.3 is 0 Å². The largest absolute Gasteiger partial charge is 0.384 e. The molecule has 8 nitrogen and oxygen atoms in total. The zero-order valence-electron chi connectivity index (χ0n) is 22.5. The van der Waals surface area contributed by atoms with Crippen LogP contribution < -0.4 is 16.0 Å². The average Bonchev–Trinajstić information content (AvgIpc) is 3.37. The first kappa shape index (κ1) is 29.1. The molecular formula is C29H26Cl2N6O2S2. The smallest absolute Gasteiger partial charge is 0.234 e. The zero-order chi connectivity index (χ0) is 29.5. The molecule has 5 rings (SSSR count). The Morgan fingerprint density at radius 1 is 1.20 bits per heavy atom. The number of benzene rings is 2. The lowest BCUT2D eigenvalue weighted by molar-refractivity contribution is -0.118. The third-order valence-electron chi connectivity index (χ3n) is 7.02. The minimum Gasteiger partial charge on any atom is -0.384 e. The topological polar surface area (TPSA) is 125 Å². The maximum Gasteiger partial charge on any atom is 0.234 e. The van der Waals surface area contributed by atoms with Crippen molar-refractivity contribution in [1.29, 1.82) is 5.26 Å². The number of nitrogens with two attached hydrogens (primary N) is 1. The number of Topliss-reactive ketones (excluding diaryl/α,β-unsaturated/α-hetero) is 1. The number of hydrogen-bond acceptors (Lipinski definition) is 9. The van der Waals surface area contributed by atoms with Gasteiger partial charge in [-0.1, -0.05) is 90.5 Å². The maximum absolute atomic E-state index is 13.7. The lowest BCUT2D eigenvalue weighted by atomic mass is 9.68. The third kappa shape index (κ3) is 5.72. The molecule has 3 aromatic rings. The molecule has 0 radical (unpaired) electrons. The number of halogens is 2. The Morgan fingerprint density at radius 2 is 1.90 bits per heavy atom. The molecule has 1 aromatic heterocycles. The Balaban J connectivity index is 1.47. The number of nitriles is 1. The van der Waals surface area contributed by atoms with E-state index in [1.807, 2.05) is 45.0 Å². The molecule has 12 heteroatoms. The van der Waals surface area contributed by atoms with Gasteiger partial charge in [-0.3, -0.25) is 14.5 Å². The van der Waals surface area contributed by atoms with Gasteiger partial charge in [0.1, 0.15) is 5.82 Å². The van der Waals surface area contributed by atoms with Crippen LogP contribution in [-0.2, 0) is 9.59 Å². The molecule has 1 amide bonds. The van der Waals surface area contributed by atoms with E-state index in [1.165, 1.54) is 23.1 Å². The van der Waals surface area contributed by atoms with Crippen molar-refractivity contribution in [2.24, 2.45) is 11.1 Å². The summed E-state index contributed by atoms with van der Waals surface area (Å²) in [7, 11) is 0. The molecule has 1 atom stereocenters. The number of allylic oxidation sites excluding steroid dienone is 3. The number of carbonyl (C=O) groups is 2. The van der Waals surface area contributed by atoms with Gasteiger partial charge in [0, 0.05) is 17.7 Å². The Kier molecular flexibility index (Phi) is 8.17. The zero-order valence-corrected chi connectivity index (χ0v) is 25.6. The lowest BCUT2D eigenvalue weighted by Gasteiger charge is -2.42. The van der Waals surface area contributed by atoms with Gasteiger partial charge in [-0.2, -0.15) is 5.26 Å². The SMILES string of the molecule is Cc1ccccc1C1C(C#N)=C(N)N(c2nnc(SCC(=O)Nc3c(Cl)cccc3Cl)s2)C2=C1C(=O)CC(C)(C)C2. The molecule has 1 aliphatic heterocycles. The maximum atomic E-state index is 13.7. The quantitative estimate of drug-likeness (QED) is 0.286. The molecule has 0 spiro atoms. The van der Waals surface area contributed by atoms with E-state index in [0.717, 1.165) is 16.8 Å². The van der Waals surface area contributed by atoms with Crippen molar-refractivity contribution in [2.75, 3.05) is 16.0 Å². The fourth-order valence-corrected chi connectivity index (χ4v) is 7.39. The number of para-hydroxylation sites is 1. The molecule has 2 heterocycles. The van der Waals surface area contributed by atoms with Gasteiger partial charge in [-0.25, -0.2) is 0 Å². The van der Waals surface area contributed by atoms with E-state index in [-0.39, 0.29) is 28.7 Å². The molecular weight excluding hydrogens is 599 g/mol. The van der Waals surface area contributed by atoms with Crippen molar-refractivity contribution in [3.63, 3.8) is 0 Å². The Morgan fingerprint density at radius 3 is 2.59 bits per heavy atom. The first-order valence-corrected chi connectivity index (χ1v) is 15.3. The van der Waals surface area contributed by atoms with E-state index in [1.54, 1.807) is 23.1 Å².